The fraction of sp³-hybridized carbons (Fsp3) is 0.611. The van der Waals surface area contributed by atoms with Crippen LogP contribution in [0.5, 0.6) is 0 Å². The maximum Gasteiger partial charge on any atom is 0.317 e. The van der Waals surface area contributed by atoms with E-state index in [1.807, 2.05) is 29.2 Å². The number of fused-ring (bicyclic) bond motifs is 1. The van der Waals surface area contributed by atoms with E-state index in [1.165, 1.54) is 6.42 Å². The van der Waals surface area contributed by atoms with Crippen LogP contribution in [0.4, 0.5) is 4.79 Å². The number of hydrogen-bond donors (Lipinski definition) is 1. The number of nitrogens with one attached hydrogen (secondary N) is 1. The first-order valence-electron chi connectivity index (χ1n) is 8.64. The molecule has 24 heavy (non-hydrogen) atoms. The van der Waals surface area contributed by atoms with Gasteiger partial charge >= 0.3 is 6.03 Å². The second-order valence-electron chi connectivity index (χ2n) is 7.05. The molecule has 3 atom stereocenters. The molecule has 0 saturated carbocycles. The Morgan fingerprint density at radius 3 is 2.58 bits per heavy atom. The lowest BCUT2D eigenvalue weighted by Gasteiger charge is -2.36. The molecule has 0 aliphatic carbocycles. The van der Waals surface area contributed by atoms with Crippen LogP contribution in [0.15, 0.2) is 24.3 Å². The molecule has 2 fully saturated rings. The van der Waals surface area contributed by atoms with Gasteiger partial charge in [-0.15, -0.1) is 0 Å². The van der Waals surface area contributed by atoms with Crippen molar-refractivity contribution >= 4 is 16.8 Å². The zero-order valence-corrected chi connectivity index (χ0v) is 15.3. The van der Waals surface area contributed by atoms with Gasteiger partial charge in [0.2, 0.25) is 0 Å². The SMILES string of the molecule is CN1CC[C@@H]2CCN(C(=O)NCc3ccc(CS(C)=O)cc3)[C@@H]2C1. The Balaban J connectivity index is 1.53. The lowest BCUT2D eigenvalue weighted by molar-refractivity contribution is 0.131. The maximum absolute atomic E-state index is 12.5. The lowest BCUT2D eigenvalue weighted by Crippen LogP contribution is -2.51. The number of rotatable bonds is 4. The Labute approximate surface area is 146 Å². The van der Waals surface area contributed by atoms with Gasteiger partial charge in [-0.25, -0.2) is 4.79 Å². The zero-order valence-electron chi connectivity index (χ0n) is 14.5. The first kappa shape index (κ1) is 17.4. The highest BCUT2D eigenvalue weighted by Gasteiger charge is 2.39. The summed E-state index contributed by atoms with van der Waals surface area (Å²) in [6, 6.07) is 8.41. The maximum atomic E-state index is 12.5. The second kappa shape index (κ2) is 7.66. The van der Waals surface area contributed by atoms with E-state index in [0.29, 0.717) is 24.3 Å². The van der Waals surface area contributed by atoms with E-state index in [1.54, 1.807) is 6.26 Å². The Morgan fingerprint density at radius 1 is 1.21 bits per heavy atom. The molecule has 1 unspecified atom stereocenters. The van der Waals surface area contributed by atoms with Crippen LogP contribution >= 0.6 is 0 Å². The van der Waals surface area contributed by atoms with Gasteiger partial charge in [0, 0.05) is 48.5 Å². The lowest BCUT2D eigenvalue weighted by atomic mass is 9.92. The van der Waals surface area contributed by atoms with Crippen LogP contribution in [-0.4, -0.2) is 59.0 Å². The van der Waals surface area contributed by atoms with E-state index >= 15 is 0 Å². The number of benzene rings is 1. The highest BCUT2D eigenvalue weighted by atomic mass is 32.2. The molecule has 0 radical (unpaired) electrons. The molecule has 2 heterocycles. The van der Waals surface area contributed by atoms with Crippen molar-refractivity contribution in [3.8, 4) is 0 Å². The van der Waals surface area contributed by atoms with Gasteiger partial charge in [0.05, 0.1) is 0 Å². The Bertz CT molecular complexity index is 605. The molecule has 0 bridgehead atoms. The number of amides is 2. The van der Waals surface area contributed by atoms with Crippen molar-refractivity contribution in [3.63, 3.8) is 0 Å². The molecule has 132 valence electrons. The van der Waals surface area contributed by atoms with Crippen LogP contribution in [0.2, 0.25) is 0 Å². The summed E-state index contributed by atoms with van der Waals surface area (Å²) in [7, 11) is 1.31. The molecule has 2 saturated heterocycles. The molecule has 0 spiro atoms. The van der Waals surface area contributed by atoms with Crippen LogP contribution in [0.1, 0.15) is 24.0 Å². The first-order chi connectivity index (χ1) is 11.5. The van der Waals surface area contributed by atoms with Gasteiger partial charge in [0.1, 0.15) is 0 Å². The molecular formula is C18H27N3O2S. The summed E-state index contributed by atoms with van der Waals surface area (Å²) in [4.78, 5) is 16.9. The molecule has 3 rings (SSSR count). The van der Waals surface area contributed by atoms with Gasteiger partial charge < -0.3 is 15.1 Å². The summed E-state index contributed by atoms with van der Waals surface area (Å²) in [5.74, 6) is 1.25. The fourth-order valence-corrected chi connectivity index (χ4v) is 4.48. The van der Waals surface area contributed by atoms with Gasteiger partial charge in [-0.3, -0.25) is 4.21 Å². The van der Waals surface area contributed by atoms with Crippen molar-refractivity contribution in [1.29, 1.82) is 0 Å². The number of piperidine rings is 1. The number of carbonyl (C=O) groups excluding carboxylic acids is 1. The van der Waals surface area contributed by atoms with Gasteiger partial charge in [0.25, 0.3) is 0 Å². The van der Waals surface area contributed by atoms with Crippen molar-refractivity contribution in [2.75, 3.05) is 32.9 Å². The van der Waals surface area contributed by atoms with Crippen molar-refractivity contribution in [2.45, 2.75) is 31.2 Å². The van der Waals surface area contributed by atoms with E-state index in [0.717, 1.165) is 37.2 Å². The van der Waals surface area contributed by atoms with Crippen LogP contribution in [-0.2, 0) is 23.1 Å². The van der Waals surface area contributed by atoms with Crippen molar-refractivity contribution in [1.82, 2.24) is 15.1 Å². The number of urea groups is 1. The highest BCUT2D eigenvalue weighted by molar-refractivity contribution is 7.83. The van der Waals surface area contributed by atoms with Crippen molar-refractivity contribution in [2.24, 2.45) is 5.92 Å². The Hall–Kier alpha value is -1.40. The number of hydrogen-bond acceptors (Lipinski definition) is 3. The molecule has 2 aliphatic heterocycles. The van der Waals surface area contributed by atoms with Crippen LogP contribution in [0, 0.1) is 5.92 Å². The molecule has 5 nitrogen and oxygen atoms in total. The summed E-state index contributed by atoms with van der Waals surface area (Å²) in [5, 5.41) is 3.06. The topological polar surface area (TPSA) is 52.6 Å². The predicted molar refractivity (Wildman–Crippen MR) is 97.2 cm³/mol. The van der Waals surface area contributed by atoms with E-state index in [9.17, 15) is 9.00 Å². The van der Waals surface area contributed by atoms with Gasteiger partial charge in [-0.2, -0.15) is 0 Å². The summed E-state index contributed by atoms with van der Waals surface area (Å²) < 4.78 is 11.2. The number of likely N-dealkylation sites (tertiary alicyclic amines) is 2. The van der Waals surface area contributed by atoms with Gasteiger partial charge in [-0.05, 0) is 43.5 Å². The van der Waals surface area contributed by atoms with E-state index in [-0.39, 0.29) is 6.03 Å². The summed E-state index contributed by atoms with van der Waals surface area (Å²) in [5.41, 5.74) is 2.14. The van der Waals surface area contributed by atoms with E-state index < -0.39 is 10.8 Å². The third-order valence-corrected chi connectivity index (χ3v) is 5.90. The third kappa shape index (κ3) is 4.16. The average Bonchev–Trinajstić information content (AvgIpc) is 2.96. The molecule has 6 heteroatoms. The van der Waals surface area contributed by atoms with Crippen LogP contribution in [0.25, 0.3) is 0 Å². The van der Waals surface area contributed by atoms with E-state index in [2.05, 4.69) is 17.3 Å². The number of likely N-dealkylation sites (N-methyl/N-ethyl adjacent to an activating group) is 1. The molecule has 2 aliphatic rings. The van der Waals surface area contributed by atoms with Gasteiger partial charge in [0.15, 0.2) is 0 Å². The Morgan fingerprint density at radius 2 is 1.88 bits per heavy atom. The molecular weight excluding hydrogens is 322 g/mol. The molecule has 1 aromatic carbocycles. The second-order valence-corrected chi connectivity index (χ2v) is 8.49. The van der Waals surface area contributed by atoms with Crippen molar-refractivity contribution < 1.29 is 9.00 Å². The quantitative estimate of drug-likeness (QED) is 0.902. The van der Waals surface area contributed by atoms with Crippen molar-refractivity contribution in [3.05, 3.63) is 35.4 Å². The number of nitrogens with zero attached hydrogens (tertiary/aromatic N) is 2. The third-order valence-electron chi connectivity index (χ3n) is 5.16. The average molecular weight is 350 g/mol. The normalized spacial score (nSPS) is 25.3. The minimum Gasteiger partial charge on any atom is -0.334 e. The fourth-order valence-electron chi connectivity index (χ4n) is 3.82. The van der Waals surface area contributed by atoms with Gasteiger partial charge in [-0.1, -0.05) is 24.3 Å². The first-order valence-corrected chi connectivity index (χ1v) is 10.4. The minimum atomic E-state index is -0.823. The molecule has 1 aromatic rings. The molecule has 0 aromatic heterocycles. The highest BCUT2D eigenvalue weighted by Crippen LogP contribution is 2.31. The molecule has 1 N–H and O–H groups in total. The standard InChI is InChI=1S/C18H27N3O2S/c1-20-9-7-16-8-10-21(17(16)12-20)18(22)19-11-14-3-5-15(6-4-14)13-24(2)23/h3-6,16-17H,7-13H2,1-2H3,(H,19,22)/t16-,17-,24?/m1/s1. The molecule has 2 amide bonds. The largest absolute Gasteiger partial charge is 0.334 e. The monoisotopic (exact) mass is 349 g/mol. The number of carbonyl (C=O) groups is 1. The minimum absolute atomic E-state index is 0.0524. The van der Waals surface area contributed by atoms with Crippen LogP contribution < -0.4 is 5.32 Å². The zero-order chi connectivity index (χ0) is 17.1. The Kier molecular flexibility index (Phi) is 5.56. The van der Waals surface area contributed by atoms with Crippen LogP contribution in [0.3, 0.4) is 0 Å². The predicted octanol–water partition coefficient (Wildman–Crippen LogP) is 1.80. The van der Waals surface area contributed by atoms with E-state index in [4.69, 9.17) is 0 Å². The summed E-state index contributed by atoms with van der Waals surface area (Å²) in [6.07, 6.45) is 4.04. The summed E-state index contributed by atoms with van der Waals surface area (Å²) >= 11 is 0. The summed E-state index contributed by atoms with van der Waals surface area (Å²) in [6.45, 7) is 3.54. The smallest absolute Gasteiger partial charge is 0.317 e.